The number of nitrogens with zero attached hydrogens (tertiary/aromatic N) is 2. The van der Waals surface area contributed by atoms with Crippen molar-refractivity contribution in [2.75, 3.05) is 0 Å². The number of hydrogen-bond donors (Lipinski definition) is 1. The van der Waals surface area contributed by atoms with Crippen LogP contribution in [0.4, 0.5) is 0 Å². The standard InChI is InChI=1S/C6H6N2O3.Na/c1-3-5(9)4(6(10)11)8-2-7-3;/h2,9H,1H3,(H,10,11);/q;+1/p-1. The Labute approximate surface area is 90.8 Å². The minimum Gasteiger partial charge on any atom is -0.543 e. The monoisotopic (exact) mass is 176 g/mol. The summed E-state index contributed by atoms with van der Waals surface area (Å²) in [6.45, 7) is 1.48. The van der Waals surface area contributed by atoms with Gasteiger partial charge in [-0.15, -0.1) is 0 Å². The van der Waals surface area contributed by atoms with E-state index in [0.29, 0.717) is 0 Å². The Morgan fingerprint density at radius 1 is 1.58 bits per heavy atom. The maximum absolute atomic E-state index is 10.2. The predicted molar refractivity (Wildman–Crippen MR) is 32.8 cm³/mol. The number of hydrogen-bond acceptors (Lipinski definition) is 5. The average molecular weight is 176 g/mol. The first-order valence-electron chi connectivity index (χ1n) is 2.85. The third-order valence-electron chi connectivity index (χ3n) is 1.20. The Bertz CT molecular complexity index is 303. The summed E-state index contributed by atoms with van der Waals surface area (Å²) in [5, 5.41) is 19.2. The SMILES string of the molecule is Cc1ncnc(C(=O)[O-])c1O.[Na+]. The largest absolute Gasteiger partial charge is 1.00 e. The Morgan fingerprint density at radius 3 is 2.58 bits per heavy atom. The van der Waals surface area contributed by atoms with Crippen molar-refractivity contribution in [2.24, 2.45) is 0 Å². The fourth-order valence-electron chi connectivity index (χ4n) is 0.616. The number of aryl methyl sites for hydroxylation is 1. The van der Waals surface area contributed by atoms with Crippen LogP contribution in [0.3, 0.4) is 0 Å². The smallest absolute Gasteiger partial charge is 0.543 e. The second-order valence-electron chi connectivity index (χ2n) is 1.94. The van der Waals surface area contributed by atoms with Crippen LogP contribution in [0.25, 0.3) is 0 Å². The van der Waals surface area contributed by atoms with E-state index in [1.54, 1.807) is 0 Å². The van der Waals surface area contributed by atoms with Gasteiger partial charge in [-0.05, 0) is 6.92 Å². The van der Waals surface area contributed by atoms with Crippen LogP contribution in [0, 0.1) is 6.92 Å². The molecule has 0 amide bonds. The summed E-state index contributed by atoms with van der Waals surface area (Å²) in [5.41, 5.74) is -0.253. The molecule has 0 aromatic carbocycles. The van der Waals surface area contributed by atoms with E-state index in [1.165, 1.54) is 6.92 Å². The van der Waals surface area contributed by atoms with Gasteiger partial charge in [0.15, 0.2) is 5.75 Å². The van der Waals surface area contributed by atoms with Crippen molar-refractivity contribution in [3.05, 3.63) is 17.7 Å². The van der Waals surface area contributed by atoms with Crippen LogP contribution >= 0.6 is 0 Å². The van der Waals surface area contributed by atoms with Crippen LogP contribution < -0.4 is 34.7 Å². The van der Waals surface area contributed by atoms with E-state index in [-0.39, 0.29) is 35.3 Å². The molecule has 1 N–H and O–H groups in total. The fraction of sp³-hybridized carbons (Fsp3) is 0.167. The topological polar surface area (TPSA) is 86.1 Å². The first-order valence-corrected chi connectivity index (χ1v) is 2.85. The minimum atomic E-state index is -1.51. The van der Waals surface area contributed by atoms with E-state index in [1.807, 2.05) is 0 Å². The van der Waals surface area contributed by atoms with Crippen molar-refractivity contribution in [1.82, 2.24) is 9.97 Å². The van der Waals surface area contributed by atoms with Gasteiger partial charge in [0.2, 0.25) is 0 Å². The summed E-state index contributed by atoms with van der Waals surface area (Å²) in [7, 11) is 0. The van der Waals surface area contributed by atoms with Crippen molar-refractivity contribution < 1.29 is 44.6 Å². The van der Waals surface area contributed by atoms with E-state index in [2.05, 4.69) is 9.97 Å². The molecule has 1 aromatic rings. The van der Waals surface area contributed by atoms with Gasteiger partial charge in [0.05, 0.1) is 11.7 Å². The van der Waals surface area contributed by atoms with Crippen LogP contribution in [-0.2, 0) is 0 Å². The molecule has 0 aliphatic rings. The number of aromatic nitrogens is 2. The van der Waals surface area contributed by atoms with E-state index in [9.17, 15) is 9.90 Å². The number of carboxylic acid groups (broad SMARTS) is 1. The van der Waals surface area contributed by atoms with Gasteiger partial charge in [0.1, 0.15) is 12.0 Å². The van der Waals surface area contributed by atoms with Crippen molar-refractivity contribution in [3.8, 4) is 5.75 Å². The van der Waals surface area contributed by atoms with Crippen molar-refractivity contribution in [3.63, 3.8) is 0 Å². The Balaban J connectivity index is 0.00000121. The molecule has 58 valence electrons. The molecule has 0 spiro atoms. The first-order chi connectivity index (χ1) is 5.13. The molecule has 1 rings (SSSR count). The molecule has 0 radical (unpaired) electrons. The van der Waals surface area contributed by atoms with Gasteiger partial charge in [-0.2, -0.15) is 0 Å². The molecule has 0 fully saturated rings. The van der Waals surface area contributed by atoms with Crippen LogP contribution in [0.15, 0.2) is 6.33 Å². The average Bonchev–Trinajstić information content (AvgIpc) is 1.94. The van der Waals surface area contributed by atoms with Crippen molar-refractivity contribution >= 4 is 5.97 Å². The summed E-state index contributed by atoms with van der Waals surface area (Å²) in [6.07, 6.45) is 1.06. The van der Waals surface area contributed by atoms with Crippen LogP contribution in [0.2, 0.25) is 0 Å². The van der Waals surface area contributed by atoms with E-state index in [4.69, 9.17) is 5.11 Å². The summed E-state index contributed by atoms with van der Waals surface area (Å²) in [4.78, 5) is 17.1. The number of aromatic hydroxyl groups is 1. The first kappa shape index (κ1) is 11.4. The summed E-state index contributed by atoms with van der Waals surface area (Å²) in [6, 6.07) is 0. The van der Waals surface area contributed by atoms with Gasteiger partial charge < -0.3 is 15.0 Å². The fourth-order valence-corrected chi connectivity index (χ4v) is 0.616. The molecule has 0 saturated carbocycles. The number of aromatic carboxylic acids is 1. The molecule has 0 unspecified atom stereocenters. The third kappa shape index (κ3) is 2.17. The molecular weight excluding hydrogens is 171 g/mol. The molecule has 0 aliphatic heterocycles. The Morgan fingerprint density at radius 2 is 2.17 bits per heavy atom. The molecule has 0 saturated heterocycles. The summed E-state index contributed by atoms with van der Waals surface area (Å²) >= 11 is 0. The quantitative estimate of drug-likeness (QED) is 0.439. The molecule has 0 atom stereocenters. The maximum atomic E-state index is 10.2. The number of rotatable bonds is 1. The van der Waals surface area contributed by atoms with Gasteiger partial charge in [0.25, 0.3) is 0 Å². The molecule has 0 aliphatic carbocycles. The molecule has 0 bridgehead atoms. The van der Waals surface area contributed by atoms with E-state index in [0.717, 1.165) is 6.33 Å². The van der Waals surface area contributed by atoms with Gasteiger partial charge in [-0.1, -0.05) is 0 Å². The van der Waals surface area contributed by atoms with Gasteiger partial charge in [-0.25, -0.2) is 9.97 Å². The molecule has 1 aromatic heterocycles. The molecular formula is C6H5N2NaO3. The van der Waals surface area contributed by atoms with Gasteiger partial charge in [-0.3, -0.25) is 0 Å². The predicted octanol–water partition coefficient (Wildman–Crippen LogP) is -4.14. The van der Waals surface area contributed by atoms with Gasteiger partial charge >= 0.3 is 29.6 Å². The maximum Gasteiger partial charge on any atom is 1.00 e. The zero-order valence-electron chi connectivity index (χ0n) is 6.74. The number of carbonyl (C=O) groups is 1. The van der Waals surface area contributed by atoms with Crippen LogP contribution in [-0.4, -0.2) is 21.0 Å². The van der Waals surface area contributed by atoms with E-state index >= 15 is 0 Å². The second kappa shape index (κ2) is 4.39. The summed E-state index contributed by atoms with van der Waals surface area (Å²) in [5.74, 6) is -1.94. The molecule has 6 heteroatoms. The number of carboxylic acids is 1. The minimum absolute atomic E-state index is 0. The van der Waals surface area contributed by atoms with Crippen molar-refractivity contribution in [2.45, 2.75) is 6.92 Å². The van der Waals surface area contributed by atoms with Crippen molar-refractivity contribution in [1.29, 1.82) is 0 Å². The van der Waals surface area contributed by atoms with Gasteiger partial charge in [0, 0.05) is 0 Å². The molecule has 5 nitrogen and oxygen atoms in total. The Hall–Kier alpha value is -0.650. The second-order valence-corrected chi connectivity index (χ2v) is 1.94. The normalized spacial score (nSPS) is 8.75. The van der Waals surface area contributed by atoms with Crippen LogP contribution in [0.5, 0.6) is 5.75 Å². The zero-order valence-corrected chi connectivity index (χ0v) is 8.74. The third-order valence-corrected chi connectivity index (χ3v) is 1.20. The zero-order chi connectivity index (χ0) is 8.43. The van der Waals surface area contributed by atoms with Crippen LogP contribution in [0.1, 0.15) is 16.2 Å². The summed E-state index contributed by atoms with van der Waals surface area (Å²) < 4.78 is 0. The molecule has 12 heavy (non-hydrogen) atoms. The molecule has 1 heterocycles. The Kier molecular flexibility index (Phi) is 4.16. The number of carbonyl (C=O) groups excluding carboxylic acids is 1. The van der Waals surface area contributed by atoms with E-state index < -0.39 is 17.4 Å².